The molecule has 3 heteroatoms. The third kappa shape index (κ3) is 5.94. The van der Waals surface area contributed by atoms with Crippen LogP contribution in [-0.4, -0.2) is 6.18 Å². The van der Waals surface area contributed by atoms with Crippen LogP contribution in [0.1, 0.15) is 40.5 Å². The topological polar surface area (TPSA) is 0 Å². The van der Waals surface area contributed by atoms with Crippen molar-refractivity contribution in [2.45, 2.75) is 46.7 Å². The van der Waals surface area contributed by atoms with Crippen LogP contribution in [0, 0.1) is 17.8 Å². The van der Waals surface area contributed by atoms with Gasteiger partial charge in [0.15, 0.2) is 0 Å². The van der Waals surface area contributed by atoms with Crippen LogP contribution >= 0.6 is 0 Å². The molecule has 0 rings (SSSR count). The first kappa shape index (κ1) is 12.8. The van der Waals surface area contributed by atoms with Crippen molar-refractivity contribution in [2.75, 3.05) is 0 Å². The lowest BCUT2D eigenvalue weighted by atomic mass is 9.89. The highest BCUT2D eigenvalue weighted by Gasteiger charge is 2.39. The molecule has 0 aromatic rings. The van der Waals surface area contributed by atoms with E-state index in [-0.39, 0.29) is 18.8 Å². The van der Waals surface area contributed by atoms with E-state index in [4.69, 9.17) is 0 Å². The van der Waals surface area contributed by atoms with Crippen LogP contribution < -0.4 is 0 Å². The maximum atomic E-state index is 12.4. The Morgan fingerprint density at radius 3 is 1.85 bits per heavy atom. The van der Waals surface area contributed by atoms with Crippen molar-refractivity contribution in [1.82, 2.24) is 0 Å². The first-order valence-corrected chi connectivity index (χ1v) is 4.59. The summed E-state index contributed by atoms with van der Waals surface area (Å²) in [5.74, 6) is -0.202. The molecule has 0 saturated carbocycles. The van der Waals surface area contributed by atoms with E-state index >= 15 is 0 Å². The second-order valence-electron chi connectivity index (χ2n) is 4.28. The number of rotatable bonds is 4. The van der Waals surface area contributed by atoms with Gasteiger partial charge in [-0.05, 0) is 24.7 Å². The third-order valence-electron chi connectivity index (χ3n) is 1.87. The van der Waals surface area contributed by atoms with Gasteiger partial charge >= 0.3 is 6.18 Å². The van der Waals surface area contributed by atoms with Crippen LogP contribution in [-0.2, 0) is 0 Å². The van der Waals surface area contributed by atoms with Gasteiger partial charge in [-0.25, -0.2) is 0 Å². The summed E-state index contributed by atoms with van der Waals surface area (Å²) in [6.07, 6.45) is -3.64. The fraction of sp³-hybridized carbons (Fsp3) is 0.900. The zero-order valence-corrected chi connectivity index (χ0v) is 8.70. The van der Waals surface area contributed by atoms with Crippen LogP contribution in [0.3, 0.4) is 0 Å². The van der Waals surface area contributed by atoms with Gasteiger partial charge in [0.05, 0.1) is 5.92 Å². The van der Waals surface area contributed by atoms with Gasteiger partial charge in [-0.2, -0.15) is 13.2 Å². The van der Waals surface area contributed by atoms with E-state index in [1.54, 1.807) is 13.8 Å². The highest BCUT2D eigenvalue weighted by Crippen LogP contribution is 2.35. The lowest BCUT2D eigenvalue weighted by molar-refractivity contribution is -0.179. The van der Waals surface area contributed by atoms with Crippen LogP contribution in [0.2, 0.25) is 0 Å². The van der Waals surface area contributed by atoms with E-state index < -0.39 is 12.1 Å². The number of alkyl halides is 3. The molecule has 1 radical (unpaired) electrons. The van der Waals surface area contributed by atoms with E-state index in [0.717, 1.165) is 5.92 Å². The average molecular weight is 195 g/mol. The van der Waals surface area contributed by atoms with Gasteiger partial charge in [0.25, 0.3) is 0 Å². The van der Waals surface area contributed by atoms with E-state index in [2.05, 4.69) is 0 Å². The molecule has 0 amide bonds. The smallest absolute Gasteiger partial charge is 0.171 e. The van der Waals surface area contributed by atoms with Gasteiger partial charge in [-0.15, -0.1) is 0 Å². The van der Waals surface area contributed by atoms with Crippen LogP contribution in [0.15, 0.2) is 0 Å². The van der Waals surface area contributed by atoms with E-state index in [9.17, 15) is 13.2 Å². The molecule has 79 valence electrons. The molecule has 0 nitrogen and oxygen atoms in total. The van der Waals surface area contributed by atoms with Crippen molar-refractivity contribution in [3.8, 4) is 0 Å². The lowest BCUT2D eigenvalue weighted by Crippen LogP contribution is -2.25. The van der Waals surface area contributed by atoms with Crippen molar-refractivity contribution in [1.29, 1.82) is 0 Å². The highest BCUT2D eigenvalue weighted by atomic mass is 19.4. The molecule has 13 heavy (non-hydrogen) atoms. The van der Waals surface area contributed by atoms with Crippen molar-refractivity contribution >= 4 is 0 Å². The molecule has 1 atom stereocenters. The number of hydrogen-bond acceptors (Lipinski definition) is 0. The van der Waals surface area contributed by atoms with Gasteiger partial charge in [0, 0.05) is 0 Å². The molecule has 0 aliphatic rings. The molecule has 1 unspecified atom stereocenters. The van der Waals surface area contributed by atoms with Gasteiger partial charge < -0.3 is 0 Å². The molecular weight excluding hydrogens is 177 g/mol. The molecule has 0 N–H and O–H groups in total. The van der Waals surface area contributed by atoms with Crippen molar-refractivity contribution in [2.24, 2.45) is 11.8 Å². The summed E-state index contributed by atoms with van der Waals surface area (Å²) in [7, 11) is 0. The first-order valence-electron chi connectivity index (χ1n) is 4.59. The lowest BCUT2D eigenvalue weighted by Gasteiger charge is -2.23. The Bertz CT molecular complexity index is 126. The quantitative estimate of drug-likeness (QED) is 0.630. The normalized spacial score (nSPS) is 13.4. The molecule has 0 heterocycles. The molecule has 0 aromatic heterocycles. The fourth-order valence-corrected chi connectivity index (χ4v) is 1.39. The van der Waals surface area contributed by atoms with Crippen LogP contribution in [0.5, 0.6) is 0 Å². The first-order chi connectivity index (χ1) is 5.73. The molecule has 0 saturated heterocycles. The van der Waals surface area contributed by atoms with Gasteiger partial charge in [0.1, 0.15) is 0 Å². The summed E-state index contributed by atoms with van der Waals surface area (Å²) in [6.45, 7) is 7.14. The van der Waals surface area contributed by atoms with Crippen molar-refractivity contribution in [3.63, 3.8) is 0 Å². The molecule has 0 aliphatic carbocycles. The maximum absolute atomic E-state index is 12.4. The predicted octanol–water partition coefficient (Wildman–Crippen LogP) is 4.22. The standard InChI is InChI=1S/C10H18F3/c1-7(2)5-9(6-8(3)4)10(11,12)13/h7,9H,5-6H2,1-4H3. The number of hydrogen-bond donors (Lipinski definition) is 0. The van der Waals surface area contributed by atoms with E-state index in [1.807, 2.05) is 13.8 Å². The molecular formula is C10H18F3. The second-order valence-corrected chi connectivity index (χ2v) is 4.28. The zero-order valence-electron chi connectivity index (χ0n) is 8.70. The number of halogens is 3. The average Bonchev–Trinajstić information content (AvgIpc) is 1.81. The van der Waals surface area contributed by atoms with E-state index in [1.165, 1.54) is 0 Å². The summed E-state index contributed by atoms with van der Waals surface area (Å²) in [6, 6.07) is 0. The molecule has 0 bridgehead atoms. The second kappa shape index (κ2) is 4.87. The Hall–Kier alpha value is -0.210. The largest absolute Gasteiger partial charge is 0.391 e. The van der Waals surface area contributed by atoms with E-state index in [0.29, 0.717) is 0 Å². The van der Waals surface area contributed by atoms with Gasteiger partial charge in [0.2, 0.25) is 0 Å². The Morgan fingerprint density at radius 1 is 1.15 bits per heavy atom. The highest BCUT2D eigenvalue weighted by molar-refractivity contribution is 4.84. The summed E-state index contributed by atoms with van der Waals surface area (Å²) in [5.41, 5.74) is 0. The maximum Gasteiger partial charge on any atom is 0.391 e. The third-order valence-corrected chi connectivity index (χ3v) is 1.87. The molecule has 0 aliphatic heterocycles. The SMILES string of the molecule is C[C](C)CC(CC(C)C)C(F)(F)F. The summed E-state index contributed by atoms with van der Waals surface area (Å²) in [4.78, 5) is 0. The summed E-state index contributed by atoms with van der Waals surface area (Å²) >= 11 is 0. The Labute approximate surface area is 78.5 Å². The monoisotopic (exact) mass is 195 g/mol. The molecule has 0 spiro atoms. The Balaban J connectivity index is 4.20. The minimum absolute atomic E-state index is 0.103. The Kier molecular flexibility index (Phi) is 4.79. The van der Waals surface area contributed by atoms with Crippen molar-refractivity contribution in [3.05, 3.63) is 5.92 Å². The van der Waals surface area contributed by atoms with Crippen molar-refractivity contribution < 1.29 is 13.2 Å². The summed E-state index contributed by atoms with van der Waals surface area (Å²) < 4.78 is 37.3. The fourth-order valence-electron chi connectivity index (χ4n) is 1.39. The molecule has 0 fully saturated rings. The van der Waals surface area contributed by atoms with Crippen LogP contribution in [0.4, 0.5) is 13.2 Å². The minimum atomic E-state index is -4.04. The van der Waals surface area contributed by atoms with Gasteiger partial charge in [-0.1, -0.05) is 27.7 Å². The summed E-state index contributed by atoms with van der Waals surface area (Å²) in [5, 5.41) is 0. The van der Waals surface area contributed by atoms with Gasteiger partial charge in [-0.3, -0.25) is 0 Å². The minimum Gasteiger partial charge on any atom is -0.171 e. The zero-order chi connectivity index (χ0) is 10.6. The predicted molar refractivity (Wildman–Crippen MR) is 48.2 cm³/mol. The molecule has 0 aromatic carbocycles. The van der Waals surface area contributed by atoms with Crippen LogP contribution in [0.25, 0.3) is 0 Å². The Morgan fingerprint density at radius 2 is 1.62 bits per heavy atom.